The molecule has 0 bridgehead atoms. The van der Waals surface area contributed by atoms with Crippen LogP contribution in [0.2, 0.25) is 0 Å². The molecule has 1 rings (SSSR count). The lowest BCUT2D eigenvalue weighted by Gasteiger charge is -2.02. The Bertz CT molecular complexity index is 398. The Morgan fingerprint density at radius 1 is 1.20 bits per heavy atom. The molecule has 0 heterocycles. The number of hydrogen-bond acceptors (Lipinski definition) is 5. The summed E-state index contributed by atoms with van der Waals surface area (Å²) in [6.45, 7) is 0.463. The first-order valence-corrected chi connectivity index (χ1v) is 6.16. The van der Waals surface area contributed by atoms with Crippen LogP contribution in [0.4, 0.5) is 5.69 Å². The van der Waals surface area contributed by atoms with Gasteiger partial charge in [-0.3, -0.25) is 9.59 Å². The zero-order chi connectivity index (χ0) is 15.4. The first-order chi connectivity index (χ1) is 9.47. The van der Waals surface area contributed by atoms with Gasteiger partial charge in [0.05, 0.1) is 0 Å². The number of carboxylic acids is 2. The topological polar surface area (TPSA) is 139 Å². The third-order valence-electron chi connectivity index (χ3n) is 2.25. The molecule has 0 spiro atoms. The third kappa shape index (κ3) is 9.86. The highest BCUT2D eigenvalue weighted by Crippen LogP contribution is 2.03. The Morgan fingerprint density at radius 2 is 1.80 bits per heavy atom. The molecule has 0 aromatic heterocycles. The average Bonchev–Trinajstić information content (AvgIpc) is 2.44. The number of benzene rings is 1. The summed E-state index contributed by atoms with van der Waals surface area (Å²) in [5, 5.41) is 19.3. The van der Waals surface area contributed by atoms with Crippen LogP contribution in [-0.4, -0.2) is 41.3 Å². The predicted molar refractivity (Wildman–Crippen MR) is 76.5 cm³/mol. The van der Waals surface area contributed by atoms with Crippen LogP contribution in [0.1, 0.15) is 12.8 Å². The standard InChI is InChI=1S/C8H9NO2.C5H12N2O2/c10-8(11)6-9-7-4-2-1-3-5-7;6-3-1-2-4(7)5(8)9/h1-5,9H,6H2,(H,10,11);4H,1-3,6-7H2,(H,8,9). The highest BCUT2D eigenvalue weighted by Gasteiger charge is 2.08. The van der Waals surface area contributed by atoms with Crippen molar-refractivity contribution in [1.82, 2.24) is 0 Å². The number of hydrogen-bond donors (Lipinski definition) is 5. The molecule has 7 N–H and O–H groups in total. The van der Waals surface area contributed by atoms with Gasteiger partial charge < -0.3 is 27.0 Å². The lowest BCUT2D eigenvalue weighted by molar-refractivity contribution is -0.138. The molecule has 0 aliphatic carbocycles. The molecule has 0 saturated heterocycles. The summed E-state index contributed by atoms with van der Waals surface area (Å²) in [5.74, 6) is -1.81. The number of nitrogens with one attached hydrogen (secondary N) is 1. The molecule has 1 aromatic carbocycles. The van der Waals surface area contributed by atoms with Crippen molar-refractivity contribution in [2.45, 2.75) is 18.9 Å². The summed E-state index contributed by atoms with van der Waals surface area (Å²) in [4.78, 5) is 20.1. The largest absolute Gasteiger partial charge is 0.480 e. The highest BCUT2D eigenvalue weighted by molar-refractivity contribution is 5.73. The fourth-order valence-electron chi connectivity index (χ4n) is 1.19. The average molecular weight is 283 g/mol. The van der Waals surface area contributed by atoms with Gasteiger partial charge in [-0.25, -0.2) is 0 Å². The molecule has 0 radical (unpaired) electrons. The van der Waals surface area contributed by atoms with Crippen molar-refractivity contribution in [2.75, 3.05) is 18.4 Å². The van der Waals surface area contributed by atoms with Crippen molar-refractivity contribution >= 4 is 17.6 Å². The van der Waals surface area contributed by atoms with Crippen LogP contribution in [0.15, 0.2) is 30.3 Å². The monoisotopic (exact) mass is 283 g/mol. The van der Waals surface area contributed by atoms with Crippen molar-refractivity contribution in [3.05, 3.63) is 30.3 Å². The lowest BCUT2D eigenvalue weighted by atomic mass is 10.2. The van der Waals surface area contributed by atoms with E-state index in [1.807, 2.05) is 30.3 Å². The zero-order valence-electron chi connectivity index (χ0n) is 11.2. The number of nitrogens with two attached hydrogens (primary N) is 2. The molecular formula is C13H21N3O4. The smallest absolute Gasteiger partial charge is 0.322 e. The maximum absolute atomic E-state index is 10.1. The molecule has 0 saturated carbocycles. The summed E-state index contributed by atoms with van der Waals surface area (Å²) in [6.07, 6.45) is 1.14. The van der Waals surface area contributed by atoms with Gasteiger partial charge >= 0.3 is 11.9 Å². The van der Waals surface area contributed by atoms with Crippen LogP contribution in [0.5, 0.6) is 0 Å². The van der Waals surface area contributed by atoms with Gasteiger partial charge in [0.25, 0.3) is 0 Å². The van der Waals surface area contributed by atoms with Gasteiger partial charge in [0, 0.05) is 5.69 Å². The molecule has 1 aromatic rings. The van der Waals surface area contributed by atoms with Gasteiger partial charge in [-0.2, -0.15) is 0 Å². The zero-order valence-corrected chi connectivity index (χ0v) is 11.2. The normalized spacial score (nSPS) is 10.9. The fraction of sp³-hybridized carbons (Fsp3) is 0.385. The van der Waals surface area contributed by atoms with E-state index in [-0.39, 0.29) is 6.54 Å². The number of carbonyl (C=O) groups is 2. The lowest BCUT2D eigenvalue weighted by Crippen LogP contribution is -2.30. The third-order valence-corrected chi connectivity index (χ3v) is 2.25. The Balaban J connectivity index is 0.000000370. The van der Waals surface area contributed by atoms with Gasteiger partial charge in [-0.1, -0.05) is 18.2 Å². The van der Waals surface area contributed by atoms with Crippen LogP contribution in [0.25, 0.3) is 0 Å². The van der Waals surface area contributed by atoms with Crippen LogP contribution >= 0.6 is 0 Å². The summed E-state index contributed by atoms with van der Waals surface area (Å²) in [7, 11) is 0. The molecule has 0 amide bonds. The molecule has 0 aliphatic heterocycles. The maximum atomic E-state index is 10.1. The fourth-order valence-corrected chi connectivity index (χ4v) is 1.19. The molecule has 20 heavy (non-hydrogen) atoms. The Morgan fingerprint density at radius 3 is 2.25 bits per heavy atom. The molecule has 1 unspecified atom stereocenters. The maximum Gasteiger partial charge on any atom is 0.322 e. The molecule has 7 nitrogen and oxygen atoms in total. The minimum absolute atomic E-state index is 0.0377. The Labute approximate surface area is 117 Å². The molecule has 0 aliphatic rings. The minimum Gasteiger partial charge on any atom is -0.480 e. The van der Waals surface area contributed by atoms with E-state index >= 15 is 0 Å². The molecule has 1 atom stereocenters. The van der Waals surface area contributed by atoms with Crippen molar-refractivity contribution in [1.29, 1.82) is 0 Å². The van der Waals surface area contributed by atoms with Crippen LogP contribution < -0.4 is 16.8 Å². The quantitative estimate of drug-likeness (QED) is 0.485. The molecule has 112 valence electrons. The number of rotatable bonds is 7. The second kappa shape index (κ2) is 10.8. The van der Waals surface area contributed by atoms with Crippen LogP contribution in [0.3, 0.4) is 0 Å². The predicted octanol–water partition coefficient (Wildman–Crippen LogP) is 0.320. The SMILES string of the molecule is NCCCC(N)C(=O)O.O=C(O)CNc1ccccc1. The van der Waals surface area contributed by atoms with E-state index in [0.717, 1.165) is 5.69 Å². The van der Waals surface area contributed by atoms with Crippen LogP contribution in [-0.2, 0) is 9.59 Å². The van der Waals surface area contributed by atoms with Crippen LogP contribution in [0, 0.1) is 0 Å². The summed E-state index contributed by atoms with van der Waals surface area (Å²) in [6, 6.07) is 8.49. The van der Waals surface area contributed by atoms with E-state index in [4.69, 9.17) is 21.7 Å². The summed E-state index contributed by atoms with van der Waals surface area (Å²) >= 11 is 0. The van der Waals surface area contributed by atoms with Crippen molar-refractivity contribution in [3.63, 3.8) is 0 Å². The number of carboxylic acid groups (broad SMARTS) is 2. The molecular weight excluding hydrogens is 262 g/mol. The van der Waals surface area contributed by atoms with Crippen molar-refractivity contribution in [2.24, 2.45) is 11.5 Å². The van der Waals surface area contributed by atoms with Crippen molar-refractivity contribution in [3.8, 4) is 0 Å². The molecule has 7 heteroatoms. The minimum atomic E-state index is -0.955. The van der Waals surface area contributed by atoms with E-state index in [1.165, 1.54) is 0 Å². The highest BCUT2D eigenvalue weighted by atomic mass is 16.4. The van der Waals surface area contributed by atoms with E-state index in [2.05, 4.69) is 5.32 Å². The van der Waals surface area contributed by atoms with Gasteiger partial charge in [0.2, 0.25) is 0 Å². The van der Waals surface area contributed by atoms with E-state index in [0.29, 0.717) is 19.4 Å². The van der Waals surface area contributed by atoms with Crippen molar-refractivity contribution < 1.29 is 19.8 Å². The van der Waals surface area contributed by atoms with Gasteiger partial charge in [0.15, 0.2) is 0 Å². The van der Waals surface area contributed by atoms with Gasteiger partial charge in [-0.05, 0) is 31.5 Å². The van der Waals surface area contributed by atoms with E-state index < -0.39 is 18.0 Å². The molecule has 0 fully saturated rings. The Kier molecular flexibility index (Phi) is 9.63. The van der Waals surface area contributed by atoms with Gasteiger partial charge in [0.1, 0.15) is 12.6 Å². The second-order valence-electron chi connectivity index (χ2n) is 3.99. The van der Waals surface area contributed by atoms with E-state index in [1.54, 1.807) is 0 Å². The second-order valence-corrected chi connectivity index (χ2v) is 3.99. The van der Waals surface area contributed by atoms with Gasteiger partial charge in [-0.15, -0.1) is 0 Å². The summed E-state index contributed by atoms with van der Waals surface area (Å²) < 4.78 is 0. The Hall–Kier alpha value is -2.12. The first kappa shape index (κ1) is 17.9. The number of anilines is 1. The number of para-hydroxylation sites is 1. The van der Waals surface area contributed by atoms with E-state index in [9.17, 15) is 9.59 Å². The first-order valence-electron chi connectivity index (χ1n) is 6.16. The number of aliphatic carboxylic acids is 2. The summed E-state index contributed by atoms with van der Waals surface area (Å²) in [5.41, 5.74) is 11.1.